The lowest BCUT2D eigenvalue weighted by Crippen LogP contribution is -2.53. The quantitative estimate of drug-likeness (QED) is 0.223. The van der Waals surface area contributed by atoms with Crippen LogP contribution in [0.5, 0.6) is 5.75 Å². The van der Waals surface area contributed by atoms with Crippen LogP contribution in [-0.4, -0.2) is 78.4 Å². The molecule has 238 valence electrons. The molecule has 0 unspecified atom stereocenters. The number of ether oxygens (including phenoxy) is 3. The number of nitrogens with zero attached hydrogens (tertiary/aromatic N) is 1. The molecule has 44 heavy (non-hydrogen) atoms. The second kappa shape index (κ2) is 13.1. The van der Waals surface area contributed by atoms with E-state index in [-0.39, 0.29) is 42.5 Å². The summed E-state index contributed by atoms with van der Waals surface area (Å²) in [5, 5.41) is 3.70. The van der Waals surface area contributed by atoms with Crippen molar-refractivity contribution >= 4 is 40.3 Å². The molecule has 0 bridgehead atoms. The molecule has 2 aromatic rings. The lowest BCUT2D eigenvalue weighted by Gasteiger charge is -2.29. The van der Waals surface area contributed by atoms with Crippen LogP contribution < -0.4 is 10.1 Å². The van der Waals surface area contributed by atoms with Crippen LogP contribution in [0.1, 0.15) is 76.2 Å². The Kier molecular flexibility index (Phi) is 9.43. The van der Waals surface area contributed by atoms with Gasteiger partial charge in [-0.3, -0.25) is 24.0 Å². The molecule has 2 aliphatic carbocycles. The molecule has 11 heteroatoms. The summed E-state index contributed by atoms with van der Waals surface area (Å²) in [7, 11) is 1.58. The predicted octanol–water partition coefficient (Wildman–Crippen LogP) is 3.79. The van der Waals surface area contributed by atoms with Gasteiger partial charge in [0.1, 0.15) is 29.9 Å². The maximum atomic E-state index is 14.0. The van der Waals surface area contributed by atoms with Crippen molar-refractivity contribution in [2.45, 2.75) is 77.8 Å². The number of fused-ring (bicyclic) bond motifs is 2. The Bertz CT molecular complexity index is 1430. The summed E-state index contributed by atoms with van der Waals surface area (Å²) in [4.78, 5) is 70.6. The zero-order chi connectivity index (χ0) is 31.6. The van der Waals surface area contributed by atoms with Gasteiger partial charge >= 0.3 is 5.97 Å². The first kappa shape index (κ1) is 31.7. The summed E-state index contributed by atoms with van der Waals surface area (Å²) in [5.41, 5.74) is 0.409. The number of rotatable bonds is 11. The Morgan fingerprint density at radius 3 is 2.61 bits per heavy atom. The van der Waals surface area contributed by atoms with Gasteiger partial charge in [0, 0.05) is 29.8 Å². The Hall–Kier alpha value is -3.73. The Morgan fingerprint density at radius 2 is 1.91 bits per heavy atom. The van der Waals surface area contributed by atoms with E-state index in [0.29, 0.717) is 30.8 Å². The highest BCUT2D eigenvalue weighted by atomic mass is 16.7. The molecule has 2 amide bonds. The number of esters is 1. The first-order chi connectivity index (χ1) is 21.0. The van der Waals surface area contributed by atoms with E-state index in [4.69, 9.17) is 14.2 Å². The molecule has 0 radical (unpaired) electrons. The minimum absolute atomic E-state index is 0.0187. The van der Waals surface area contributed by atoms with Gasteiger partial charge in [0.05, 0.1) is 18.6 Å². The van der Waals surface area contributed by atoms with E-state index in [1.807, 2.05) is 18.2 Å². The summed E-state index contributed by atoms with van der Waals surface area (Å²) in [6.45, 7) is 4.81. The molecular formula is C33H43N3O8. The normalized spacial score (nSPS) is 23.9. The molecular weight excluding hydrogens is 566 g/mol. The monoisotopic (exact) mass is 609 g/mol. The maximum Gasteiger partial charge on any atom is 0.313 e. The molecule has 0 spiro atoms. The number of Topliss-reactive ketones (excluding diaryl/α,β-unsaturated/α-hetero) is 2. The van der Waals surface area contributed by atoms with Crippen LogP contribution in [0.3, 0.4) is 0 Å². The van der Waals surface area contributed by atoms with Crippen molar-refractivity contribution in [3.05, 3.63) is 30.0 Å². The van der Waals surface area contributed by atoms with Crippen LogP contribution in [0.2, 0.25) is 0 Å². The van der Waals surface area contributed by atoms with Gasteiger partial charge in [-0.1, -0.05) is 12.5 Å². The van der Waals surface area contributed by atoms with Gasteiger partial charge in [0.2, 0.25) is 5.91 Å². The Morgan fingerprint density at radius 1 is 1.11 bits per heavy atom. The van der Waals surface area contributed by atoms with Crippen LogP contribution in [0.4, 0.5) is 0 Å². The highest BCUT2D eigenvalue weighted by molar-refractivity contribution is 6.02. The van der Waals surface area contributed by atoms with Crippen molar-refractivity contribution in [3.8, 4) is 5.75 Å². The second-order valence-electron chi connectivity index (χ2n) is 13.3. The van der Waals surface area contributed by atoms with Gasteiger partial charge in [-0.05, 0) is 82.9 Å². The number of hydrogen-bond acceptors (Lipinski definition) is 8. The topological polar surface area (TPSA) is 144 Å². The summed E-state index contributed by atoms with van der Waals surface area (Å²) >= 11 is 0. The predicted molar refractivity (Wildman–Crippen MR) is 161 cm³/mol. The number of carbonyl (C=O) groups is 5. The minimum Gasteiger partial charge on any atom is -0.496 e. The summed E-state index contributed by atoms with van der Waals surface area (Å²) in [6.07, 6.45) is 4.76. The molecule has 11 nitrogen and oxygen atoms in total. The van der Waals surface area contributed by atoms with E-state index in [2.05, 4.69) is 10.3 Å². The number of H-pyrrole nitrogens is 1. The number of likely N-dealkylation sites (tertiary alicyclic amines) is 1. The first-order valence-corrected chi connectivity index (χ1v) is 15.6. The van der Waals surface area contributed by atoms with Gasteiger partial charge in [0.15, 0.2) is 12.6 Å². The molecule has 1 saturated heterocycles. The third-order valence-corrected chi connectivity index (χ3v) is 9.28. The molecule has 5 rings (SSSR count). The number of hydrogen-bond donors (Lipinski definition) is 2. The van der Waals surface area contributed by atoms with Crippen molar-refractivity contribution in [2.75, 3.05) is 27.1 Å². The number of amides is 2. The van der Waals surface area contributed by atoms with Crippen molar-refractivity contribution in [3.63, 3.8) is 0 Å². The van der Waals surface area contributed by atoms with E-state index in [1.54, 1.807) is 38.8 Å². The Labute approximate surface area is 257 Å². The largest absolute Gasteiger partial charge is 0.496 e. The fourth-order valence-electron chi connectivity index (χ4n) is 6.93. The number of aromatic nitrogens is 1. The zero-order valence-corrected chi connectivity index (χ0v) is 26.0. The molecule has 3 fully saturated rings. The minimum atomic E-state index is -0.970. The lowest BCUT2D eigenvalue weighted by molar-refractivity contribution is -0.167. The van der Waals surface area contributed by atoms with Gasteiger partial charge < -0.3 is 29.4 Å². The van der Waals surface area contributed by atoms with Gasteiger partial charge in [-0.25, -0.2) is 0 Å². The standard InChI is InChI=1S/C33H43N3O8/c1-33(2,3)32(41)44-18-43-17-27(38)24(14-19-8-6-12-26(19)37)35-30(39)29-21-10-5-9-20(21)16-36(29)31(40)25-15-22-23(34-25)11-7-13-28(22)42-4/h7,11,13,15,19-21,24,29,34H,5-6,8-10,12,14,16-18H2,1-4H3,(H,35,39)/t19-,20-,21-,24-,29-/m0/s1. The number of methoxy groups -OCH3 is 1. The van der Waals surface area contributed by atoms with Crippen LogP contribution in [0, 0.1) is 23.2 Å². The van der Waals surface area contributed by atoms with Gasteiger partial charge in [0.25, 0.3) is 5.91 Å². The van der Waals surface area contributed by atoms with Crippen molar-refractivity contribution < 1.29 is 38.2 Å². The zero-order valence-electron chi connectivity index (χ0n) is 26.0. The number of benzene rings is 1. The Balaban J connectivity index is 1.32. The van der Waals surface area contributed by atoms with Crippen LogP contribution in [0.15, 0.2) is 24.3 Å². The summed E-state index contributed by atoms with van der Waals surface area (Å²) in [6, 6.07) is 5.57. The third-order valence-electron chi connectivity index (χ3n) is 9.28. The first-order valence-electron chi connectivity index (χ1n) is 15.6. The number of aromatic amines is 1. The molecule has 1 aromatic carbocycles. The van der Waals surface area contributed by atoms with Gasteiger partial charge in [-0.2, -0.15) is 0 Å². The number of nitrogens with one attached hydrogen (secondary N) is 2. The number of ketones is 2. The van der Waals surface area contributed by atoms with E-state index in [0.717, 1.165) is 36.6 Å². The molecule has 1 aliphatic heterocycles. The fraction of sp³-hybridized carbons (Fsp3) is 0.606. The van der Waals surface area contributed by atoms with Crippen LogP contribution in [0.25, 0.3) is 10.9 Å². The van der Waals surface area contributed by atoms with Crippen molar-refractivity contribution in [2.24, 2.45) is 23.2 Å². The molecule has 3 aliphatic rings. The third kappa shape index (κ3) is 6.67. The van der Waals surface area contributed by atoms with E-state index in [1.165, 1.54) is 0 Å². The smallest absolute Gasteiger partial charge is 0.313 e. The van der Waals surface area contributed by atoms with Gasteiger partial charge in [-0.15, -0.1) is 0 Å². The highest BCUT2D eigenvalue weighted by Gasteiger charge is 2.50. The molecule has 2 saturated carbocycles. The SMILES string of the molecule is COc1cccc2[nH]c(C(=O)N3C[C@@H]4CCC[C@@H]4[C@H]3C(=O)N[C@@H](C[C@@H]3CCCC3=O)C(=O)COCOC(=O)C(C)(C)C)cc12. The molecule has 2 N–H and O–H groups in total. The second-order valence-corrected chi connectivity index (χ2v) is 13.3. The molecule has 1 aromatic heterocycles. The average Bonchev–Trinajstić information content (AvgIpc) is 3.77. The van der Waals surface area contributed by atoms with Crippen molar-refractivity contribution in [1.29, 1.82) is 0 Å². The lowest BCUT2D eigenvalue weighted by atomic mass is 9.91. The number of carbonyl (C=O) groups excluding carboxylic acids is 5. The average molecular weight is 610 g/mol. The molecule has 2 heterocycles. The summed E-state index contributed by atoms with van der Waals surface area (Å²) in [5.74, 6) is -0.980. The van der Waals surface area contributed by atoms with Crippen LogP contribution >= 0.6 is 0 Å². The van der Waals surface area contributed by atoms with Crippen LogP contribution in [-0.2, 0) is 28.7 Å². The van der Waals surface area contributed by atoms with E-state index in [9.17, 15) is 24.0 Å². The highest BCUT2D eigenvalue weighted by Crippen LogP contribution is 2.43. The summed E-state index contributed by atoms with van der Waals surface area (Å²) < 4.78 is 15.9. The van der Waals surface area contributed by atoms with E-state index < -0.39 is 42.0 Å². The fourth-order valence-corrected chi connectivity index (χ4v) is 6.93. The maximum absolute atomic E-state index is 14.0. The van der Waals surface area contributed by atoms with E-state index >= 15 is 0 Å². The van der Waals surface area contributed by atoms with Crippen molar-refractivity contribution in [1.82, 2.24) is 15.2 Å². The molecule has 5 atom stereocenters.